The van der Waals surface area contributed by atoms with E-state index >= 15 is 0 Å². The number of nitrogens with one attached hydrogen (secondary N) is 1. The third-order valence-electron chi connectivity index (χ3n) is 5.36. The van der Waals surface area contributed by atoms with Crippen molar-refractivity contribution in [3.63, 3.8) is 0 Å². The van der Waals surface area contributed by atoms with E-state index in [-0.39, 0.29) is 44.2 Å². The van der Waals surface area contributed by atoms with Gasteiger partial charge >= 0.3 is 0 Å². The minimum absolute atomic E-state index is 0.0321. The Morgan fingerprint density at radius 1 is 1.23 bits per heavy atom. The fourth-order valence-electron chi connectivity index (χ4n) is 3.37. The molecule has 1 N–H and O–H groups in total. The lowest BCUT2D eigenvalue weighted by atomic mass is 10.0. The molecule has 11 heteroatoms. The molecule has 0 aliphatic carbocycles. The third-order valence-corrected chi connectivity index (χ3v) is 7.27. The highest BCUT2D eigenvalue weighted by atomic mass is 32.2. The molecule has 1 fully saturated rings. The number of terminal acetylenes is 1. The van der Waals surface area contributed by atoms with Gasteiger partial charge in [-0.3, -0.25) is 9.59 Å². The van der Waals surface area contributed by atoms with E-state index < -0.39 is 32.3 Å². The summed E-state index contributed by atoms with van der Waals surface area (Å²) in [6, 6.07) is 3.24. The SMILES string of the molecule is C#CCCC1(CCNC(=O)c2ccc(F)c(S(=O)(=O)N3CCN(C(C)=O)CC3)c2)N=N1. The summed E-state index contributed by atoms with van der Waals surface area (Å²) in [5, 5.41) is 10.7. The number of hydrogen-bond acceptors (Lipinski definition) is 6. The van der Waals surface area contributed by atoms with Crippen LogP contribution in [0, 0.1) is 18.2 Å². The number of halogens is 1. The van der Waals surface area contributed by atoms with Crippen molar-refractivity contribution in [1.82, 2.24) is 14.5 Å². The topological polar surface area (TPSA) is 112 Å². The second kappa shape index (κ2) is 9.11. The van der Waals surface area contributed by atoms with Crippen molar-refractivity contribution in [2.24, 2.45) is 10.2 Å². The van der Waals surface area contributed by atoms with Gasteiger partial charge in [0.05, 0.1) is 0 Å². The summed E-state index contributed by atoms with van der Waals surface area (Å²) in [6.45, 7) is 2.26. The number of carbonyl (C=O) groups excluding carboxylic acids is 2. The highest BCUT2D eigenvalue weighted by molar-refractivity contribution is 7.89. The van der Waals surface area contributed by atoms with Crippen LogP contribution in [0.1, 0.15) is 36.5 Å². The molecule has 2 aliphatic heterocycles. The Morgan fingerprint density at radius 3 is 2.48 bits per heavy atom. The van der Waals surface area contributed by atoms with Crippen molar-refractivity contribution in [1.29, 1.82) is 0 Å². The number of piperazine rings is 1. The van der Waals surface area contributed by atoms with Crippen LogP contribution in [0.4, 0.5) is 4.39 Å². The first-order valence-corrected chi connectivity index (χ1v) is 11.3. The van der Waals surface area contributed by atoms with E-state index in [9.17, 15) is 22.4 Å². The molecule has 0 radical (unpaired) electrons. The molecule has 2 heterocycles. The van der Waals surface area contributed by atoms with Crippen molar-refractivity contribution >= 4 is 21.8 Å². The zero-order valence-corrected chi connectivity index (χ0v) is 18.0. The maximum atomic E-state index is 14.4. The molecule has 9 nitrogen and oxygen atoms in total. The van der Waals surface area contributed by atoms with Gasteiger partial charge in [-0.2, -0.15) is 14.5 Å². The first-order chi connectivity index (χ1) is 14.7. The number of hydrogen-bond donors (Lipinski definition) is 1. The van der Waals surface area contributed by atoms with Crippen LogP contribution >= 0.6 is 0 Å². The van der Waals surface area contributed by atoms with Crippen LogP contribution in [0.15, 0.2) is 33.3 Å². The molecule has 166 valence electrons. The summed E-state index contributed by atoms with van der Waals surface area (Å²) in [4.78, 5) is 24.9. The number of amides is 2. The number of benzene rings is 1. The molecule has 1 aromatic rings. The van der Waals surface area contributed by atoms with Gasteiger partial charge in [0.1, 0.15) is 10.7 Å². The molecule has 2 aliphatic rings. The van der Waals surface area contributed by atoms with Crippen LogP contribution in [0.25, 0.3) is 0 Å². The second-order valence-corrected chi connectivity index (χ2v) is 9.35. The van der Waals surface area contributed by atoms with Crippen molar-refractivity contribution in [3.05, 3.63) is 29.6 Å². The van der Waals surface area contributed by atoms with E-state index in [1.54, 1.807) is 0 Å². The summed E-state index contributed by atoms with van der Waals surface area (Å²) in [6.07, 6.45) is 6.86. The maximum absolute atomic E-state index is 14.4. The van der Waals surface area contributed by atoms with Crippen molar-refractivity contribution in [3.8, 4) is 12.3 Å². The molecule has 0 atom stereocenters. The average Bonchev–Trinajstić information content (AvgIpc) is 3.52. The van der Waals surface area contributed by atoms with E-state index in [0.29, 0.717) is 19.3 Å². The van der Waals surface area contributed by atoms with Crippen LogP contribution < -0.4 is 5.32 Å². The average molecular weight is 450 g/mol. The molecule has 1 saturated heterocycles. The van der Waals surface area contributed by atoms with Gasteiger partial charge < -0.3 is 10.2 Å². The first kappa shape index (κ1) is 22.8. The van der Waals surface area contributed by atoms with Crippen molar-refractivity contribution in [2.75, 3.05) is 32.7 Å². The highest BCUT2D eigenvalue weighted by Crippen LogP contribution is 2.36. The number of sulfonamides is 1. The van der Waals surface area contributed by atoms with Gasteiger partial charge in [-0.15, -0.1) is 12.3 Å². The quantitative estimate of drug-likeness (QED) is 0.604. The van der Waals surface area contributed by atoms with Crippen LogP contribution in [-0.4, -0.2) is 67.8 Å². The smallest absolute Gasteiger partial charge is 0.251 e. The Kier molecular flexibility index (Phi) is 6.71. The highest BCUT2D eigenvalue weighted by Gasteiger charge is 2.38. The third kappa shape index (κ3) is 5.26. The molecule has 3 rings (SSSR count). The van der Waals surface area contributed by atoms with Gasteiger partial charge in [-0.25, -0.2) is 12.8 Å². The van der Waals surface area contributed by atoms with Gasteiger partial charge in [0.25, 0.3) is 5.91 Å². The molecule has 2 amide bonds. The van der Waals surface area contributed by atoms with Gasteiger partial charge in [0.2, 0.25) is 15.9 Å². The summed E-state index contributed by atoms with van der Waals surface area (Å²) in [5.41, 5.74) is -0.511. The van der Waals surface area contributed by atoms with Gasteiger partial charge in [0.15, 0.2) is 5.66 Å². The van der Waals surface area contributed by atoms with Crippen LogP contribution in [0.3, 0.4) is 0 Å². The largest absolute Gasteiger partial charge is 0.352 e. The number of carbonyl (C=O) groups is 2. The molecule has 0 unspecified atom stereocenters. The van der Waals surface area contributed by atoms with Gasteiger partial charge in [-0.05, 0) is 18.2 Å². The summed E-state index contributed by atoms with van der Waals surface area (Å²) in [5.74, 6) is 0.924. The maximum Gasteiger partial charge on any atom is 0.251 e. The second-order valence-electron chi connectivity index (χ2n) is 7.45. The molecular formula is C20H24FN5O4S. The lowest BCUT2D eigenvalue weighted by molar-refractivity contribution is -0.129. The Labute approximate surface area is 180 Å². The van der Waals surface area contributed by atoms with E-state index in [0.717, 1.165) is 16.4 Å². The zero-order valence-electron chi connectivity index (χ0n) is 17.2. The summed E-state index contributed by atoms with van der Waals surface area (Å²) < 4.78 is 41.4. The molecule has 0 aromatic heterocycles. The number of rotatable bonds is 8. The predicted octanol–water partition coefficient (Wildman–Crippen LogP) is 1.37. The fraction of sp³-hybridized carbons (Fsp3) is 0.500. The first-order valence-electron chi connectivity index (χ1n) is 9.89. The molecule has 1 aromatic carbocycles. The van der Waals surface area contributed by atoms with E-state index in [1.807, 2.05) is 0 Å². The van der Waals surface area contributed by atoms with E-state index in [2.05, 4.69) is 21.5 Å². The minimum Gasteiger partial charge on any atom is -0.352 e. The van der Waals surface area contributed by atoms with E-state index in [4.69, 9.17) is 6.42 Å². The summed E-state index contributed by atoms with van der Waals surface area (Å²) >= 11 is 0. The summed E-state index contributed by atoms with van der Waals surface area (Å²) in [7, 11) is -4.15. The lowest BCUT2D eigenvalue weighted by Gasteiger charge is -2.33. The molecule has 0 saturated carbocycles. The Bertz CT molecular complexity index is 1040. The Morgan fingerprint density at radius 2 is 1.90 bits per heavy atom. The standard InChI is InChI=1S/C20H24FN5O4S/c1-3-4-7-20(23-24-20)8-9-22-19(28)16-5-6-17(21)18(14-16)31(29,30)26-12-10-25(11-13-26)15(2)27/h1,5-6,14H,4,7-13H2,2H3,(H,22,28). The molecular weight excluding hydrogens is 425 g/mol. The zero-order chi connectivity index (χ0) is 22.6. The van der Waals surface area contributed by atoms with Gasteiger partial charge in [0, 0.05) is 64.5 Å². The molecule has 0 bridgehead atoms. The fourth-order valence-corrected chi connectivity index (χ4v) is 4.88. The normalized spacial score (nSPS) is 17.8. The number of nitrogens with zero attached hydrogens (tertiary/aromatic N) is 4. The molecule has 0 spiro atoms. The van der Waals surface area contributed by atoms with Crippen LogP contribution in [-0.2, 0) is 14.8 Å². The molecule has 31 heavy (non-hydrogen) atoms. The van der Waals surface area contributed by atoms with Crippen molar-refractivity contribution < 1.29 is 22.4 Å². The lowest BCUT2D eigenvalue weighted by Crippen LogP contribution is -2.50. The Balaban J connectivity index is 1.65. The van der Waals surface area contributed by atoms with Crippen molar-refractivity contribution in [2.45, 2.75) is 36.7 Å². The minimum atomic E-state index is -4.15. The Hall–Kier alpha value is -2.84. The van der Waals surface area contributed by atoms with Crippen LogP contribution in [0.5, 0.6) is 0 Å². The van der Waals surface area contributed by atoms with Gasteiger partial charge in [-0.1, -0.05) is 0 Å². The monoisotopic (exact) mass is 449 g/mol. The predicted molar refractivity (Wildman–Crippen MR) is 110 cm³/mol. The van der Waals surface area contributed by atoms with E-state index in [1.165, 1.54) is 17.9 Å². The van der Waals surface area contributed by atoms with Crippen LogP contribution in [0.2, 0.25) is 0 Å².